The lowest BCUT2D eigenvalue weighted by Gasteiger charge is -2.41. The minimum atomic E-state index is -3.18. The number of hydrogen-bond donors (Lipinski definition) is 1. The molecular weight excluding hydrogens is 294 g/mol. The van der Waals surface area contributed by atoms with Gasteiger partial charge in [0.05, 0.1) is 12.2 Å². The summed E-state index contributed by atoms with van der Waals surface area (Å²) in [6.07, 6.45) is 2.46. The maximum Gasteiger partial charge on any atom is 0.225 e. The lowest BCUT2D eigenvalue weighted by molar-refractivity contribution is -0.129. The van der Waals surface area contributed by atoms with Gasteiger partial charge in [-0.05, 0) is 12.8 Å². The fourth-order valence-corrected chi connectivity index (χ4v) is 4.88. The zero-order chi connectivity index (χ0) is 15.4. The highest BCUT2D eigenvalue weighted by atomic mass is 32.2. The van der Waals surface area contributed by atoms with Gasteiger partial charge in [0.15, 0.2) is 0 Å². The van der Waals surface area contributed by atoms with E-state index in [4.69, 9.17) is 0 Å². The molecule has 2 amide bonds. The van der Waals surface area contributed by atoms with Crippen molar-refractivity contribution in [1.29, 1.82) is 0 Å². The van der Waals surface area contributed by atoms with E-state index in [1.165, 1.54) is 17.5 Å². The van der Waals surface area contributed by atoms with Crippen LogP contribution < -0.4 is 5.32 Å². The summed E-state index contributed by atoms with van der Waals surface area (Å²) in [7, 11) is -3.18. The topological polar surface area (TPSA) is 86.8 Å². The quantitative estimate of drug-likeness (QED) is 0.673. The molecule has 0 aromatic heterocycles. The van der Waals surface area contributed by atoms with Crippen LogP contribution in [0.4, 0.5) is 0 Å². The molecule has 0 aromatic rings. The Hall–Kier alpha value is -1.15. The Morgan fingerprint density at radius 3 is 2.43 bits per heavy atom. The van der Waals surface area contributed by atoms with Gasteiger partial charge in [-0.1, -0.05) is 0 Å². The highest BCUT2D eigenvalue weighted by molar-refractivity contribution is 7.88. The van der Waals surface area contributed by atoms with Crippen molar-refractivity contribution in [3.63, 3.8) is 0 Å². The van der Waals surface area contributed by atoms with Crippen LogP contribution in [-0.2, 0) is 19.6 Å². The molecule has 3 aliphatic heterocycles. The minimum absolute atomic E-state index is 0.000854. The molecule has 3 heterocycles. The number of carbonyl (C=O) groups is 2. The summed E-state index contributed by atoms with van der Waals surface area (Å²) in [6.45, 7) is 3.48. The molecular formula is C13H21N3O4S. The Balaban J connectivity index is 1.78. The maximum atomic E-state index is 12.2. The zero-order valence-electron chi connectivity index (χ0n) is 12.3. The highest BCUT2D eigenvalue weighted by Crippen LogP contribution is 2.44. The third-order valence-corrected chi connectivity index (χ3v) is 6.57. The molecule has 0 unspecified atom stereocenters. The molecule has 8 heteroatoms. The molecule has 3 saturated heterocycles. The molecule has 0 saturated carbocycles. The molecule has 118 valence electrons. The van der Waals surface area contributed by atoms with Crippen molar-refractivity contribution in [2.75, 3.05) is 32.4 Å². The first-order valence-electron chi connectivity index (χ1n) is 7.26. The van der Waals surface area contributed by atoms with Gasteiger partial charge in [-0.25, -0.2) is 12.7 Å². The Labute approximate surface area is 124 Å². The first-order valence-corrected chi connectivity index (χ1v) is 9.10. The van der Waals surface area contributed by atoms with Crippen molar-refractivity contribution in [3.8, 4) is 0 Å². The first kappa shape index (κ1) is 14.8. The van der Waals surface area contributed by atoms with Crippen molar-refractivity contribution in [1.82, 2.24) is 14.5 Å². The largest absolute Gasteiger partial charge is 0.350 e. The van der Waals surface area contributed by atoms with E-state index < -0.39 is 10.0 Å². The molecule has 1 spiro atoms. The van der Waals surface area contributed by atoms with Gasteiger partial charge in [-0.15, -0.1) is 0 Å². The number of amides is 2. The Morgan fingerprint density at radius 1 is 1.29 bits per heavy atom. The summed E-state index contributed by atoms with van der Waals surface area (Å²) in [5, 5.41) is 3.10. The summed E-state index contributed by atoms with van der Waals surface area (Å²) >= 11 is 0. The molecule has 3 fully saturated rings. The Morgan fingerprint density at radius 2 is 1.90 bits per heavy atom. The molecule has 0 aromatic carbocycles. The number of rotatable bonds is 1. The van der Waals surface area contributed by atoms with Gasteiger partial charge in [-0.2, -0.15) is 0 Å². The van der Waals surface area contributed by atoms with Gasteiger partial charge in [0.1, 0.15) is 0 Å². The van der Waals surface area contributed by atoms with E-state index in [0.29, 0.717) is 39.0 Å². The number of sulfonamides is 1. The fraction of sp³-hybridized carbons (Fsp3) is 0.846. The average Bonchev–Trinajstić information content (AvgIpc) is 2.91. The van der Waals surface area contributed by atoms with Crippen molar-refractivity contribution in [3.05, 3.63) is 0 Å². The van der Waals surface area contributed by atoms with Gasteiger partial charge in [0.2, 0.25) is 21.8 Å². The number of hydrogen-bond acceptors (Lipinski definition) is 4. The van der Waals surface area contributed by atoms with Gasteiger partial charge in [0, 0.05) is 44.6 Å². The van der Waals surface area contributed by atoms with Gasteiger partial charge >= 0.3 is 0 Å². The Kier molecular flexibility index (Phi) is 3.29. The summed E-state index contributed by atoms with van der Waals surface area (Å²) in [5.41, 5.74) is -0.340. The molecule has 7 nitrogen and oxygen atoms in total. The Bertz CT molecular complexity index is 580. The van der Waals surface area contributed by atoms with E-state index >= 15 is 0 Å². The molecule has 0 aliphatic carbocycles. The molecule has 3 aliphatic rings. The predicted octanol–water partition coefficient (Wildman–Crippen LogP) is -0.995. The third kappa shape index (κ3) is 2.34. The van der Waals surface area contributed by atoms with Crippen LogP contribution in [0, 0.1) is 11.8 Å². The molecule has 3 rings (SSSR count). The highest BCUT2D eigenvalue weighted by Gasteiger charge is 2.57. The lowest BCUT2D eigenvalue weighted by Crippen LogP contribution is -2.56. The van der Waals surface area contributed by atoms with Gasteiger partial charge in [-0.3, -0.25) is 9.59 Å². The monoisotopic (exact) mass is 315 g/mol. The SMILES string of the molecule is CC(=O)N1C[C@@H]2C(=O)NC3(CCN(S(C)(=O)=O)CC3)[C@@H]2C1. The molecule has 1 N–H and O–H groups in total. The van der Waals surface area contributed by atoms with Crippen molar-refractivity contribution < 1.29 is 18.0 Å². The third-order valence-electron chi connectivity index (χ3n) is 5.27. The number of nitrogens with one attached hydrogen (secondary N) is 1. The van der Waals surface area contributed by atoms with Crippen LogP contribution in [0.2, 0.25) is 0 Å². The number of likely N-dealkylation sites (tertiary alicyclic amines) is 1. The number of nitrogens with zero attached hydrogens (tertiary/aromatic N) is 2. The summed E-state index contributed by atoms with van der Waals surface area (Å²) in [4.78, 5) is 25.5. The second-order valence-corrected chi connectivity index (χ2v) is 8.43. The van der Waals surface area contributed by atoms with E-state index in [1.807, 2.05) is 0 Å². The fourth-order valence-electron chi connectivity index (χ4n) is 4.03. The van der Waals surface area contributed by atoms with E-state index in [-0.39, 0.29) is 29.2 Å². The predicted molar refractivity (Wildman–Crippen MR) is 75.8 cm³/mol. The summed E-state index contributed by atoms with van der Waals surface area (Å²) in [5.74, 6) is -0.0215. The van der Waals surface area contributed by atoms with Crippen LogP contribution in [-0.4, -0.2) is 67.4 Å². The van der Waals surface area contributed by atoms with E-state index in [1.54, 1.807) is 4.90 Å². The lowest BCUT2D eigenvalue weighted by atomic mass is 9.76. The molecule has 2 atom stereocenters. The summed E-state index contributed by atoms with van der Waals surface area (Å²) in [6, 6.07) is 0. The van der Waals surface area contributed by atoms with Gasteiger partial charge < -0.3 is 10.2 Å². The van der Waals surface area contributed by atoms with Crippen molar-refractivity contribution in [2.45, 2.75) is 25.3 Å². The first-order chi connectivity index (χ1) is 9.73. The maximum absolute atomic E-state index is 12.2. The van der Waals surface area contributed by atoms with E-state index in [0.717, 1.165) is 0 Å². The van der Waals surface area contributed by atoms with Crippen LogP contribution >= 0.6 is 0 Å². The minimum Gasteiger partial charge on any atom is -0.350 e. The summed E-state index contributed by atoms with van der Waals surface area (Å²) < 4.78 is 24.7. The van der Waals surface area contributed by atoms with Crippen LogP contribution in [0.25, 0.3) is 0 Å². The van der Waals surface area contributed by atoms with Crippen LogP contribution in [0.1, 0.15) is 19.8 Å². The van der Waals surface area contributed by atoms with Crippen LogP contribution in [0.3, 0.4) is 0 Å². The molecule has 21 heavy (non-hydrogen) atoms. The normalized spacial score (nSPS) is 32.3. The smallest absolute Gasteiger partial charge is 0.225 e. The van der Waals surface area contributed by atoms with E-state index in [9.17, 15) is 18.0 Å². The molecule has 0 bridgehead atoms. The zero-order valence-corrected chi connectivity index (χ0v) is 13.1. The van der Waals surface area contributed by atoms with Crippen molar-refractivity contribution >= 4 is 21.8 Å². The van der Waals surface area contributed by atoms with Crippen LogP contribution in [0.5, 0.6) is 0 Å². The number of piperidine rings is 1. The van der Waals surface area contributed by atoms with Gasteiger partial charge in [0.25, 0.3) is 0 Å². The van der Waals surface area contributed by atoms with E-state index in [2.05, 4.69) is 5.32 Å². The second-order valence-electron chi connectivity index (χ2n) is 6.44. The number of carbonyl (C=O) groups excluding carboxylic acids is 2. The van der Waals surface area contributed by atoms with Crippen LogP contribution in [0.15, 0.2) is 0 Å². The number of fused-ring (bicyclic) bond motifs is 2. The van der Waals surface area contributed by atoms with Crippen molar-refractivity contribution in [2.24, 2.45) is 11.8 Å². The molecule has 0 radical (unpaired) electrons. The average molecular weight is 315 g/mol. The second kappa shape index (κ2) is 4.67. The standard InChI is InChI=1S/C13H21N3O4S/c1-9(17)15-7-10-11(8-15)13(14-12(10)18)3-5-16(6-4-13)21(2,19)20/h10-11H,3-8H2,1-2H3,(H,14,18)/t10-,11+/m0/s1.